The summed E-state index contributed by atoms with van der Waals surface area (Å²) in [5, 5.41) is 10.6. The summed E-state index contributed by atoms with van der Waals surface area (Å²) in [4.78, 5) is 16.9. The number of fused-ring (bicyclic) bond motifs is 1. The predicted molar refractivity (Wildman–Crippen MR) is 163 cm³/mol. The molecule has 2 aromatic carbocycles. The van der Waals surface area contributed by atoms with Crippen LogP contribution in [0.4, 0.5) is 0 Å². The molecule has 1 N–H and O–H groups in total. The summed E-state index contributed by atoms with van der Waals surface area (Å²) < 4.78 is 0. The SMILES string of the molecule is C=C(C)/C(CC(=O)O)=C(\C(=C(C)C)c1ccc2c(c1)CCN(Cc1cccc(Cl)c1)C2)N1CCC(C)(C)CC1. The van der Waals surface area contributed by atoms with Gasteiger partial charge in [0.15, 0.2) is 0 Å². The third kappa shape index (κ3) is 7.23. The molecule has 0 atom stereocenters. The van der Waals surface area contributed by atoms with Crippen LogP contribution < -0.4 is 0 Å². The molecule has 0 saturated carbocycles. The normalized spacial score (nSPS) is 17.7. The molecular formula is C34H43ClN2O2. The average molecular weight is 547 g/mol. The molecule has 5 heteroatoms. The molecule has 0 amide bonds. The van der Waals surface area contributed by atoms with Crippen LogP contribution in [0.2, 0.25) is 5.02 Å². The van der Waals surface area contributed by atoms with Crippen LogP contribution >= 0.6 is 11.6 Å². The van der Waals surface area contributed by atoms with Gasteiger partial charge in [-0.05, 0) is 85.4 Å². The molecule has 1 saturated heterocycles. The molecule has 0 aliphatic carbocycles. The predicted octanol–water partition coefficient (Wildman–Crippen LogP) is 8.12. The number of nitrogens with zero attached hydrogens (tertiary/aromatic N) is 2. The Morgan fingerprint density at radius 1 is 1.03 bits per heavy atom. The maximum Gasteiger partial charge on any atom is 0.307 e. The first-order valence-electron chi connectivity index (χ1n) is 14.1. The van der Waals surface area contributed by atoms with Crippen LogP contribution in [0.3, 0.4) is 0 Å². The van der Waals surface area contributed by atoms with E-state index in [9.17, 15) is 9.90 Å². The van der Waals surface area contributed by atoms with E-state index < -0.39 is 5.97 Å². The van der Waals surface area contributed by atoms with E-state index in [-0.39, 0.29) is 6.42 Å². The number of allylic oxidation sites excluding steroid dienone is 3. The van der Waals surface area contributed by atoms with Crippen molar-refractivity contribution in [2.24, 2.45) is 5.41 Å². The van der Waals surface area contributed by atoms with E-state index in [1.54, 1.807) is 0 Å². The number of benzene rings is 2. The molecule has 0 bridgehead atoms. The Morgan fingerprint density at radius 2 is 1.74 bits per heavy atom. The molecule has 0 spiro atoms. The number of piperidine rings is 1. The van der Waals surface area contributed by atoms with Crippen molar-refractivity contribution < 1.29 is 9.90 Å². The van der Waals surface area contributed by atoms with E-state index in [0.717, 1.165) is 79.4 Å². The molecule has 4 rings (SSSR count). The van der Waals surface area contributed by atoms with Crippen LogP contribution in [0.25, 0.3) is 5.57 Å². The highest BCUT2D eigenvalue weighted by atomic mass is 35.5. The summed E-state index contributed by atoms with van der Waals surface area (Å²) in [6.45, 7) is 19.7. The highest BCUT2D eigenvalue weighted by Gasteiger charge is 2.31. The number of halogens is 1. The molecule has 208 valence electrons. The number of hydrogen-bond acceptors (Lipinski definition) is 3. The number of hydrogen-bond donors (Lipinski definition) is 1. The summed E-state index contributed by atoms with van der Waals surface area (Å²) in [7, 11) is 0. The molecule has 2 aliphatic rings. The summed E-state index contributed by atoms with van der Waals surface area (Å²) in [6.07, 6.45) is 3.12. The van der Waals surface area contributed by atoms with Crippen molar-refractivity contribution in [3.8, 4) is 0 Å². The van der Waals surface area contributed by atoms with E-state index in [1.807, 2.05) is 25.1 Å². The zero-order valence-corrected chi connectivity index (χ0v) is 25.0. The highest BCUT2D eigenvalue weighted by Crippen LogP contribution is 2.40. The average Bonchev–Trinajstić information content (AvgIpc) is 2.86. The lowest BCUT2D eigenvalue weighted by Crippen LogP contribution is -2.38. The molecule has 0 unspecified atom stereocenters. The van der Waals surface area contributed by atoms with E-state index in [4.69, 9.17) is 11.6 Å². The van der Waals surface area contributed by atoms with Gasteiger partial charge in [0.05, 0.1) is 6.42 Å². The number of carboxylic acid groups (broad SMARTS) is 1. The summed E-state index contributed by atoms with van der Waals surface area (Å²) in [6, 6.07) is 15.0. The van der Waals surface area contributed by atoms with Crippen molar-refractivity contribution in [3.05, 3.63) is 98.7 Å². The van der Waals surface area contributed by atoms with Crippen molar-refractivity contribution in [1.82, 2.24) is 9.80 Å². The highest BCUT2D eigenvalue weighted by molar-refractivity contribution is 6.30. The van der Waals surface area contributed by atoms with Crippen LogP contribution in [0.1, 0.15) is 76.1 Å². The van der Waals surface area contributed by atoms with Gasteiger partial charge in [0, 0.05) is 49.0 Å². The number of likely N-dealkylation sites (tertiary alicyclic amines) is 1. The van der Waals surface area contributed by atoms with Crippen LogP contribution in [0.5, 0.6) is 0 Å². The number of carbonyl (C=O) groups is 1. The smallest absolute Gasteiger partial charge is 0.307 e. The van der Waals surface area contributed by atoms with Gasteiger partial charge < -0.3 is 10.0 Å². The fraction of sp³-hybridized carbons (Fsp3) is 0.441. The summed E-state index contributed by atoms with van der Waals surface area (Å²) in [5.74, 6) is -0.818. The van der Waals surface area contributed by atoms with Crippen LogP contribution in [-0.2, 0) is 24.3 Å². The Bertz CT molecular complexity index is 1310. The van der Waals surface area contributed by atoms with E-state index in [2.05, 4.69) is 68.3 Å². The molecule has 2 aliphatic heterocycles. The quantitative estimate of drug-likeness (QED) is 0.339. The van der Waals surface area contributed by atoms with Gasteiger partial charge in [-0.25, -0.2) is 0 Å². The van der Waals surface area contributed by atoms with Crippen molar-refractivity contribution in [2.45, 2.75) is 73.4 Å². The van der Waals surface area contributed by atoms with E-state index in [1.165, 1.54) is 27.8 Å². The lowest BCUT2D eigenvalue weighted by atomic mass is 9.81. The monoisotopic (exact) mass is 546 g/mol. The Labute approximate surface area is 239 Å². The van der Waals surface area contributed by atoms with Gasteiger partial charge in [-0.2, -0.15) is 0 Å². The second kappa shape index (κ2) is 12.1. The zero-order valence-electron chi connectivity index (χ0n) is 24.2. The lowest BCUT2D eigenvalue weighted by molar-refractivity contribution is -0.136. The van der Waals surface area contributed by atoms with Gasteiger partial charge in [-0.3, -0.25) is 9.69 Å². The Hall–Kier alpha value is -2.82. The van der Waals surface area contributed by atoms with Crippen molar-refractivity contribution in [2.75, 3.05) is 19.6 Å². The van der Waals surface area contributed by atoms with Crippen molar-refractivity contribution >= 4 is 23.1 Å². The fourth-order valence-corrected chi connectivity index (χ4v) is 6.09. The fourth-order valence-electron chi connectivity index (χ4n) is 5.88. The van der Waals surface area contributed by atoms with Gasteiger partial charge in [0.2, 0.25) is 0 Å². The van der Waals surface area contributed by atoms with Gasteiger partial charge in [0.1, 0.15) is 0 Å². The maximum absolute atomic E-state index is 12.0. The Morgan fingerprint density at radius 3 is 2.36 bits per heavy atom. The molecule has 39 heavy (non-hydrogen) atoms. The standard InChI is InChI=1S/C34H43ClN2O2/c1-23(2)30(20-31(38)39)33(37-16-13-34(5,6)14-17-37)32(24(3)4)27-10-11-28-22-36(15-12-26(28)19-27)21-25-8-7-9-29(35)18-25/h7-11,18-19H,1,12-17,20-22H2,2-6H3,(H,38,39)/b33-30+. The third-order valence-corrected chi connectivity index (χ3v) is 8.42. The molecule has 0 aromatic heterocycles. The topological polar surface area (TPSA) is 43.8 Å². The lowest BCUT2D eigenvalue weighted by Gasteiger charge is -2.41. The number of aliphatic carboxylic acids is 1. The van der Waals surface area contributed by atoms with Crippen LogP contribution in [0, 0.1) is 5.41 Å². The Kier molecular flexibility index (Phi) is 9.08. The molecule has 0 radical (unpaired) electrons. The van der Waals surface area contributed by atoms with Gasteiger partial charge in [-0.15, -0.1) is 0 Å². The first-order chi connectivity index (χ1) is 18.4. The van der Waals surface area contributed by atoms with Crippen LogP contribution in [-0.4, -0.2) is 40.5 Å². The van der Waals surface area contributed by atoms with E-state index in [0.29, 0.717) is 5.41 Å². The molecule has 1 fully saturated rings. The molecule has 4 nitrogen and oxygen atoms in total. The minimum Gasteiger partial charge on any atom is -0.481 e. The minimum absolute atomic E-state index is 0.0231. The van der Waals surface area contributed by atoms with E-state index >= 15 is 0 Å². The van der Waals surface area contributed by atoms with Gasteiger partial charge >= 0.3 is 5.97 Å². The minimum atomic E-state index is -0.818. The first-order valence-corrected chi connectivity index (χ1v) is 14.4. The van der Waals surface area contributed by atoms with Crippen LogP contribution in [0.15, 0.2) is 71.5 Å². The number of carboxylic acids is 1. The van der Waals surface area contributed by atoms with Gasteiger partial charge in [-0.1, -0.05) is 73.5 Å². The van der Waals surface area contributed by atoms with Crippen molar-refractivity contribution in [3.63, 3.8) is 0 Å². The second-order valence-corrected chi connectivity index (χ2v) is 12.7. The molecule has 2 aromatic rings. The number of rotatable bonds is 8. The maximum atomic E-state index is 12.0. The van der Waals surface area contributed by atoms with Crippen molar-refractivity contribution in [1.29, 1.82) is 0 Å². The third-order valence-electron chi connectivity index (χ3n) is 8.18. The second-order valence-electron chi connectivity index (χ2n) is 12.3. The zero-order chi connectivity index (χ0) is 28.3. The first kappa shape index (κ1) is 29.2. The Balaban J connectivity index is 1.69. The molecule has 2 heterocycles. The summed E-state index contributed by atoms with van der Waals surface area (Å²) in [5.41, 5.74) is 10.5. The largest absolute Gasteiger partial charge is 0.481 e. The molecular weight excluding hydrogens is 504 g/mol. The van der Waals surface area contributed by atoms with Gasteiger partial charge in [0.25, 0.3) is 0 Å². The summed E-state index contributed by atoms with van der Waals surface area (Å²) >= 11 is 6.21.